The van der Waals surface area contributed by atoms with Crippen molar-refractivity contribution in [1.29, 1.82) is 0 Å². The molecule has 1 fully saturated rings. The Morgan fingerprint density at radius 3 is 2.31 bits per heavy atom. The van der Waals surface area contributed by atoms with Crippen LogP contribution in [0.5, 0.6) is 0 Å². The van der Waals surface area contributed by atoms with Gasteiger partial charge in [-0.3, -0.25) is 0 Å². The molecule has 140 valence electrons. The molecule has 0 bridgehead atoms. The lowest BCUT2D eigenvalue weighted by Gasteiger charge is -2.37. The maximum atomic E-state index is 13.2. The molecule has 3 heterocycles. The number of halogens is 3. The molecule has 0 atom stereocenters. The van der Waals surface area contributed by atoms with E-state index in [4.69, 9.17) is 0 Å². The van der Waals surface area contributed by atoms with E-state index in [9.17, 15) is 13.2 Å². The number of piperazine rings is 1. The fraction of sp³-hybridized carbons (Fsp3) is 0.471. The van der Waals surface area contributed by atoms with Crippen molar-refractivity contribution in [1.82, 2.24) is 15.0 Å². The lowest BCUT2D eigenvalue weighted by molar-refractivity contribution is -0.137. The molecule has 9 heteroatoms. The Morgan fingerprint density at radius 2 is 1.69 bits per heavy atom. The number of aryl methyl sites for hydroxylation is 1. The number of pyridine rings is 1. The second-order valence-corrected chi connectivity index (χ2v) is 6.41. The molecule has 0 amide bonds. The average molecular weight is 366 g/mol. The van der Waals surface area contributed by atoms with Crippen molar-refractivity contribution >= 4 is 17.6 Å². The van der Waals surface area contributed by atoms with E-state index in [0.29, 0.717) is 32.1 Å². The Hall–Kier alpha value is -2.58. The smallest absolute Gasteiger partial charge is 0.353 e. The third-order valence-corrected chi connectivity index (χ3v) is 4.22. The first kappa shape index (κ1) is 18.2. The van der Waals surface area contributed by atoms with Crippen LogP contribution in [-0.2, 0) is 6.18 Å². The Balaban J connectivity index is 1.77. The number of alkyl halides is 3. The molecule has 6 nitrogen and oxygen atoms in total. The molecule has 0 aromatic carbocycles. The highest BCUT2D eigenvalue weighted by molar-refractivity contribution is 5.52. The lowest BCUT2D eigenvalue weighted by Crippen LogP contribution is -2.47. The first-order chi connectivity index (χ1) is 12.3. The van der Waals surface area contributed by atoms with Crippen LogP contribution < -0.4 is 14.7 Å². The molecule has 1 saturated heterocycles. The third-order valence-electron chi connectivity index (χ3n) is 4.22. The normalized spacial score (nSPS) is 15.3. The summed E-state index contributed by atoms with van der Waals surface area (Å²) >= 11 is 0. The van der Waals surface area contributed by atoms with E-state index in [0.717, 1.165) is 17.6 Å². The summed E-state index contributed by atoms with van der Waals surface area (Å²) in [5, 5.41) is 0. The fourth-order valence-electron chi connectivity index (χ4n) is 2.92. The van der Waals surface area contributed by atoms with Crippen LogP contribution in [-0.4, -0.2) is 55.2 Å². The van der Waals surface area contributed by atoms with Crippen LogP contribution in [0.15, 0.2) is 24.4 Å². The zero-order chi connectivity index (χ0) is 18.9. The molecule has 0 saturated carbocycles. The number of hydrogen-bond donors (Lipinski definition) is 0. The maximum absolute atomic E-state index is 13.2. The molecule has 2 aromatic heterocycles. The molecule has 2 aromatic rings. The van der Waals surface area contributed by atoms with E-state index >= 15 is 0 Å². The van der Waals surface area contributed by atoms with E-state index in [1.165, 1.54) is 12.3 Å². The summed E-state index contributed by atoms with van der Waals surface area (Å²) in [6.07, 6.45) is -3.01. The van der Waals surface area contributed by atoms with Gasteiger partial charge in [0, 0.05) is 58.2 Å². The van der Waals surface area contributed by atoms with E-state index < -0.39 is 11.7 Å². The lowest BCUT2D eigenvalue weighted by atomic mass is 10.2. The first-order valence-corrected chi connectivity index (χ1v) is 8.31. The van der Waals surface area contributed by atoms with Crippen molar-refractivity contribution in [3.05, 3.63) is 35.7 Å². The van der Waals surface area contributed by atoms with Gasteiger partial charge >= 0.3 is 6.18 Å². The van der Waals surface area contributed by atoms with Crippen molar-refractivity contribution in [2.75, 3.05) is 55.0 Å². The second kappa shape index (κ2) is 6.97. The topological polar surface area (TPSA) is 48.4 Å². The van der Waals surface area contributed by atoms with Crippen molar-refractivity contribution in [2.45, 2.75) is 13.1 Å². The summed E-state index contributed by atoms with van der Waals surface area (Å²) in [4.78, 5) is 18.5. The predicted molar refractivity (Wildman–Crippen MR) is 94.8 cm³/mol. The van der Waals surface area contributed by atoms with Crippen LogP contribution in [0.1, 0.15) is 11.3 Å². The van der Waals surface area contributed by atoms with Gasteiger partial charge in [-0.2, -0.15) is 18.2 Å². The van der Waals surface area contributed by atoms with Crippen LogP contribution in [0.4, 0.5) is 30.8 Å². The van der Waals surface area contributed by atoms with Crippen LogP contribution >= 0.6 is 0 Å². The Labute approximate surface area is 150 Å². The Morgan fingerprint density at radius 1 is 1.04 bits per heavy atom. The SMILES string of the molecule is Cc1cc(N2CCN(c3ncccc3C(F)(F)F)CC2)nc(N(C)C)n1. The zero-order valence-corrected chi connectivity index (χ0v) is 15.0. The van der Waals surface area contributed by atoms with Crippen LogP contribution in [0, 0.1) is 6.92 Å². The van der Waals surface area contributed by atoms with E-state index in [1.54, 1.807) is 4.90 Å². The van der Waals surface area contributed by atoms with Crippen LogP contribution in [0.2, 0.25) is 0 Å². The van der Waals surface area contributed by atoms with E-state index in [-0.39, 0.29) is 5.82 Å². The number of rotatable bonds is 3. The van der Waals surface area contributed by atoms with Gasteiger partial charge in [0.1, 0.15) is 11.6 Å². The molecule has 3 rings (SSSR count). The predicted octanol–water partition coefficient (Wildman–Crippen LogP) is 2.59. The summed E-state index contributed by atoms with van der Waals surface area (Å²) in [5.74, 6) is 1.40. The minimum atomic E-state index is -4.41. The number of nitrogens with zero attached hydrogens (tertiary/aromatic N) is 6. The highest BCUT2D eigenvalue weighted by atomic mass is 19.4. The van der Waals surface area contributed by atoms with Gasteiger partial charge in [-0.1, -0.05) is 0 Å². The summed E-state index contributed by atoms with van der Waals surface area (Å²) in [6.45, 7) is 3.92. The maximum Gasteiger partial charge on any atom is 0.419 e. The minimum Gasteiger partial charge on any atom is -0.353 e. The van der Waals surface area contributed by atoms with Gasteiger partial charge in [0.25, 0.3) is 0 Å². The molecule has 1 aliphatic heterocycles. The number of aromatic nitrogens is 3. The van der Waals surface area contributed by atoms with Crippen molar-refractivity contribution in [3.63, 3.8) is 0 Å². The largest absolute Gasteiger partial charge is 0.419 e. The van der Waals surface area contributed by atoms with E-state index in [2.05, 4.69) is 19.9 Å². The molecule has 0 radical (unpaired) electrons. The fourth-order valence-corrected chi connectivity index (χ4v) is 2.92. The van der Waals surface area contributed by atoms with Crippen molar-refractivity contribution in [2.24, 2.45) is 0 Å². The van der Waals surface area contributed by atoms with Gasteiger partial charge in [-0.05, 0) is 19.1 Å². The second-order valence-electron chi connectivity index (χ2n) is 6.41. The third kappa shape index (κ3) is 3.81. The average Bonchev–Trinajstić information content (AvgIpc) is 2.60. The highest BCUT2D eigenvalue weighted by Gasteiger charge is 2.36. The molecule has 1 aliphatic rings. The van der Waals surface area contributed by atoms with Gasteiger partial charge in [0.15, 0.2) is 0 Å². The van der Waals surface area contributed by atoms with Gasteiger partial charge in [-0.15, -0.1) is 0 Å². The molecule has 0 unspecified atom stereocenters. The molecular formula is C17H21F3N6. The van der Waals surface area contributed by atoms with Crippen LogP contribution in [0.25, 0.3) is 0 Å². The van der Waals surface area contributed by atoms with Gasteiger partial charge in [-0.25, -0.2) is 9.97 Å². The molecule has 0 aliphatic carbocycles. The van der Waals surface area contributed by atoms with E-state index in [1.807, 2.05) is 32.0 Å². The van der Waals surface area contributed by atoms with Crippen LogP contribution in [0.3, 0.4) is 0 Å². The zero-order valence-electron chi connectivity index (χ0n) is 15.0. The summed E-state index contributed by atoms with van der Waals surface area (Å²) < 4.78 is 39.6. The molecular weight excluding hydrogens is 345 g/mol. The highest BCUT2D eigenvalue weighted by Crippen LogP contribution is 2.35. The summed E-state index contributed by atoms with van der Waals surface area (Å²) in [7, 11) is 3.74. The summed E-state index contributed by atoms with van der Waals surface area (Å²) in [6, 6.07) is 4.28. The standard InChI is InChI=1S/C17H21F3N6/c1-12-11-14(23-16(22-12)24(2)3)25-7-9-26(10-8-25)15-13(17(18,19)20)5-4-6-21-15/h4-6,11H,7-10H2,1-3H3. The van der Waals surface area contributed by atoms with Crippen molar-refractivity contribution < 1.29 is 13.2 Å². The molecule has 26 heavy (non-hydrogen) atoms. The monoisotopic (exact) mass is 366 g/mol. The molecule has 0 N–H and O–H groups in total. The van der Waals surface area contributed by atoms with Gasteiger partial charge in [0.05, 0.1) is 5.56 Å². The molecule has 0 spiro atoms. The summed E-state index contributed by atoms with van der Waals surface area (Å²) in [5.41, 5.74) is 0.159. The first-order valence-electron chi connectivity index (χ1n) is 8.31. The minimum absolute atomic E-state index is 0.00695. The number of anilines is 3. The quantitative estimate of drug-likeness (QED) is 0.832. The van der Waals surface area contributed by atoms with Gasteiger partial charge < -0.3 is 14.7 Å². The number of hydrogen-bond acceptors (Lipinski definition) is 6. The van der Waals surface area contributed by atoms with Crippen molar-refractivity contribution in [3.8, 4) is 0 Å². The van der Waals surface area contributed by atoms with Gasteiger partial charge in [0.2, 0.25) is 5.95 Å². The Kier molecular flexibility index (Phi) is 4.88. The Bertz CT molecular complexity index is 769.